The molecule has 4 saturated carbocycles. The molecule has 0 radical (unpaired) electrons. The summed E-state index contributed by atoms with van der Waals surface area (Å²) < 4.78 is 0.543. The average Bonchev–Trinajstić information content (AvgIpc) is 2.99. The van der Waals surface area contributed by atoms with Gasteiger partial charge in [-0.3, -0.25) is 0 Å². The van der Waals surface area contributed by atoms with Crippen LogP contribution in [0.2, 0.25) is 0 Å². The summed E-state index contributed by atoms with van der Waals surface area (Å²) >= 11 is 15.6. The highest BCUT2D eigenvalue weighted by Gasteiger charge is 2.79. The predicted octanol–water partition coefficient (Wildman–Crippen LogP) is 5.58. The average molecular weight is 502 g/mol. The fourth-order valence-corrected chi connectivity index (χ4v) is 8.73. The minimum atomic E-state index is 0.271. The molecule has 5 rings (SSSR count). The van der Waals surface area contributed by atoms with E-state index in [-0.39, 0.29) is 6.47 Å². The van der Waals surface area contributed by atoms with Crippen molar-refractivity contribution in [3.05, 3.63) is 12.2 Å². The van der Waals surface area contributed by atoms with E-state index >= 15 is 0 Å². The molecule has 5 aliphatic rings. The van der Waals surface area contributed by atoms with Gasteiger partial charge in [0, 0.05) is 0 Å². The number of alkyl halides is 4. The second kappa shape index (κ2) is 3.05. The van der Waals surface area contributed by atoms with Crippen LogP contribution in [-0.4, -0.2) is 6.47 Å². The molecule has 0 aromatic rings. The van der Waals surface area contributed by atoms with Crippen LogP contribution in [0.3, 0.4) is 0 Å². The Kier molecular flexibility index (Phi) is 2.07. The van der Waals surface area contributed by atoms with E-state index in [1.807, 2.05) is 0 Å². The van der Waals surface area contributed by atoms with Gasteiger partial charge >= 0.3 is 0 Å². The summed E-state index contributed by atoms with van der Waals surface area (Å²) in [6.45, 7) is 0. The Hall–Kier alpha value is 1.66. The lowest BCUT2D eigenvalue weighted by molar-refractivity contribution is -0.0139. The van der Waals surface area contributed by atoms with E-state index in [9.17, 15) is 0 Å². The van der Waals surface area contributed by atoms with Crippen LogP contribution in [0.1, 0.15) is 25.7 Å². The Bertz CT molecular complexity index is 420. The molecule has 0 aromatic heterocycles. The van der Waals surface area contributed by atoms with Gasteiger partial charge in [-0.05, 0) is 60.2 Å². The monoisotopic (exact) mass is 498 g/mol. The van der Waals surface area contributed by atoms with Gasteiger partial charge in [0.25, 0.3) is 0 Å². The maximum absolute atomic E-state index is 3.91. The smallest absolute Gasteiger partial charge is 0.0808 e. The molecule has 0 aromatic carbocycles. The molecule has 0 aliphatic heterocycles. The van der Waals surface area contributed by atoms with Crippen molar-refractivity contribution in [2.75, 3.05) is 0 Å². The third-order valence-corrected chi connectivity index (χ3v) is 11.5. The molecule has 4 heteroatoms. The van der Waals surface area contributed by atoms with Crippen molar-refractivity contribution in [3.8, 4) is 0 Å². The summed E-state index contributed by atoms with van der Waals surface area (Å²) in [4.78, 5) is 0. The fourth-order valence-electron chi connectivity index (χ4n) is 5.41. The molecular weight excluding hydrogens is 488 g/mol. The van der Waals surface area contributed by atoms with Crippen LogP contribution in [0.4, 0.5) is 0 Å². The minimum Gasteiger partial charge on any atom is -0.0808 e. The van der Waals surface area contributed by atoms with Crippen molar-refractivity contribution in [1.82, 2.24) is 0 Å². The van der Waals surface area contributed by atoms with Gasteiger partial charge in [-0.25, -0.2) is 0 Å². The maximum atomic E-state index is 3.91. The third-order valence-electron chi connectivity index (χ3n) is 6.78. The van der Waals surface area contributed by atoms with Crippen LogP contribution in [-0.2, 0) is 0 Å². The zero-order valence-corrected chi connectivity index (χ0v) is 16.1. The van der Waals surface area contributed by atoms with Gasteiger partial charge in [0.15, 0.2) is 0 Å². The van der Waals surface area contributed by atoms with E-state index in [0.29, 0.717) is 10.8 Å². The Morgan fingerprint density at radius 3 is 1.11 bits per heavy atom. The van der Waals surface area contributed by atoms with E-state index in [1.165, 1.54) is 25.7 Å². The molecule has 5 aliphatic carbocycles. The normalized spacial score (nSPS) is 63.8. The van der Waals surface area contributed by atoms with Gasteiger partial charge in [-0.15, -0.1) is 0 Å². The number of allylic oxidation sites excluding steroid dienone is 2. The van der Waals surface area contributed by atoms with Crippen LogP contribution in [0.15, 0.2) is 12.2 Å². The largest absolute Gasteiger partial charge is 0.0869 e. The standard InChI is InChI=1S/C14H14Br4/c15-13(16)7-3-11-1-2-12(11,5-9(7)13)6-10-8(4-11)14(10,17)18/h1-2,7-10H,3-6H2/t7-,8+,9-,10+,11?,12?. The van der Waals surface area contributed by atoms with Gasteiger partial charge in [0.1, 0.15) is 0 Å². The number of fused-ring (bicyclic) bond motifs is 2. The van der Waals surface area contributed by atoms with Gasteiger partial charge in [-0.2, -0.15) is 0 Å². The van der Waals surface area contributed by atoms with Gasteiger partial charge in [0.2, 0.25) is 0 Å². The Labute approximate surface area is 141 Å². The summed E-state index contributed by atoms with van der Waals surface area (Å²) in [5.41, 5.74) is 1.06. The molecule has 0 bridgehead atoms. The molecule has 0 nitrogen and oxygen atoms in total. The number of hydrogen-bond donors (Lipinski definition) is 0. The molecule has 18 heavy (non-hydrogen) atoms. The second-order valence-electron chi connectivity index (χ2n) is 7.24. The molecule has 98 valence electrons. The summed E-state index contributed by atoms with van der Waals surface area (Å²) in [6.07, 6.45) is 10.7. The third kappa shape index (κ3) is 1.14. The molecular formula is C14H14Br4. The Morgan fingerprint density at radius 1 is 0.611 bits per heavy atom. The van der Waals surface area contributed by atoms with Crippen molar-refractivity contribution in [1.29, 1.82) is 0 Å². The molecule has 0 N–H and O–H groups in total. The SMILES string of the molecule is BrC1(Br)[C@@H]2CC34C=CC3(C[C@H]21)C[C@H]1[C@H](C4)C1(Br)Br. The number of rotatable bonds is 0. The number of hydrogen-bond acceptors (Lipinski definition) is 0. The first-order chi connectivity index (χ1) is 8.33. The highest BCUT2D eigenvalue weighted by atomic mass is 79.9. The molecule has 2 unspecified atom stereocenters. The topological polar surface area (TPSA) is 0 Å². The van der Waals surface area contributed by atoms with Crippen molar-refractivity contribution in [2.45, 2.75) is 32.2 Å². The lowest BCUT2D eigenvalue weighted by Gasteiger charge is -2.59. The van der Waals surface area contributed by atoms with E-state index in [2.05, 4.69) is 75.9 Å². The van der Waals surface area contributed by atoms with Crippen LogP contribution < -0.4 is 0 Å². The van der Waals surface area contributed by atoms with Gasteiger partial charge in [-0.1, -0.05) is 75.9 Å². The lowest BCUT2D eigenvalue weighted by Crippen LogP contribution is -2.51. The molecule has 0 heterocycles. The first-order valence-corrected chi connectivity index (χ1v) is 9.96. The van der Waals surface area contributed by atoms with Crippen molar-refractivity contribution in [3.63, 3.8) is 0 Å². The highest BCUT2D eigenvalue weighted by Crippen LogP contribution is 2.85. The van der Waals surface area contributed by atoms with E-state index in [1.54, 1.807) is 0 Å². The summed E-state index contributed by atoms with van der Waals surface area (Å²) in [7, 11) is 0. The quantitative estimate of drug-likeness (QED) is 0.300. The zero-order valence-electron chi connectivity index (χ0n) is 9.80. The van der Waals surface area contributed by atoms with Crippen molar-refractivity contribution in [2.24, 2.45) is 34.5 Å². The predicted molar refractivity (Wildman–Crippen MR) is 87.6 cm³/mol. The first-order valence-electron chi connectivity index (χ1n) is 6.79. The maximum Gasteiger partial charge on any atom is 0.0869 e. The number of halogens is 4. The van der Waals surface area contributed by atoms with Crippen LogP contribution in [0.5, 0.6) is 0 Å². The van der Waals surface area contributed by atoms with Crippen LogP contribution in [0.25, 0.3) is 0 Å². The lowest BCUT2D eigenvalue weighted by atomic mass is 9.44. The summed E-state index contributed by atoms with van der Waals surface area (Å²) in [5, 5.41) is 0. The molecule has 6 atom stereocenters. The fraction of sp³-hybridized carbons (Fsp3) is 0.857. The molecule has 4 fully saturated rings. The minimum absolute atomic E-state index is 0.271. The van der Waals surface area contributed by atoms with Crippen molar-refractivity contribution >= 4 is 63.7 Å². The van der Waals surface area contributed by atoms with Gasteiger partial charge < -0.3 is 0 Å². The van der Waals surface area contributed by atoms with Crippen molar-refractivity contribution < 1.29 is 0 Å². The van der Waals surface area contributed by atoms with E-state index in [0.717, 1.165) is 23.7 Å². The second-order valence-corrected chi connectivity index (χ2v) is 14.6. The van der Waals surface area contributed by atoms with Crippen LogP contribution >= 0.6 is 63.7 Å². The van der Waals surface area contributed by atoms with E-state index < -0.39 is 0 Å². The molecule has 0 spiro atoms. The summed E-state index contributed by atoms with van der Waals surface area (Å²) in [5.74, 6) is 3.41. The van der Waals surface area contributed by atoms with Crippen LogP contribution in [0, 0.1) is 34.5 Å². The highest BCUT2D eigenvalue weighted by molar-refractivity contribution is 9.26. The molecule has 0 amide bonds. The van der Waals surface area contributed by atoms with E-state index in [4.69, 9.17) is 0 Å². The Balaban J connectivity index is 1.55. The first kappa shape index (κ1) is 12.2. The summed E-state index contributed by atoms with van der Waals surface area (Å²) in [6, 6.07) is 0. The van der Waals surface area contributed by atoms with Gasteiger partial charge in [0.05, 0.1) is 6.47 Å². The zero-order chi connectivity index (χ0) is 12.6. The molecule has 0 saturated heterocycles. The Morgan fingerprint density at radius 2 is 0.889 bits per heavy atom.